The second-order valence-corrected chi connectivity index (χ2v) is 3.95. The number of phenolic OH excluding ortho intramolecular Hbond substituents is 1. The van der Waals surface area contributed by atoms with E-state index in [0.29, 0.717) is 11.1 Å². The van der Waals surface area contributed by atoms with Crippen LogP contribution in [0.4, 0.5) is 4.79 Å². The first kappa shape index (κ1) is 12.0. The van der Waals surface area contributed by atoms with Gasteiger partial charge in [0.25, 0.3) is 0 Å². The lowest BCUT2D eigenvalue weighted by Crippen LogP contribution is -2.28. The molecule has 1 aromatic carbocycles. The van der Waals surface area contributed by atoms with Crippen molar-refractivity contribution >= 4 is 17.6 Å². The van der Waals surface area contributed by atoms with Crippen LogP contribution in [0.2, 0.25) is 0 Å². The maximum Gasteiger partial charge on any atom is 0.407 e. The molecule has 1 aliphatic heterocycles. The van der Waals surface area contributed by atoms with Gasteiger partial charge in [0.15, 0.2) is 0 Å². The molecule has 0 radical (unpaired) electrons. The third kappa shape index (κ3) is 2.13. The number of benzene rings is 1. The van der Waals surface area contributed by atoms with Crippen molar-refractivity contribution in [1.29, 1.82) is 0 Å². The minimum absolute atomic E-state index is 0.0434. The Kier molecular flexibility index (Phi) is 2.93. The zero-order valence-electron chi connectivity index (χ0n) is 9.33. The molecule has 94 valence electrons. The summed E-state index contributed by atoms with van der Waals surface area (Å²) in [6.45, 7) is -0.0807. The summed E-state index contributed by atoms with van der Waals surface area (Å²) < 4.78 is 0. The Balaban J connectivity index is 2.39. The molecule has 2 rings (SSSR count). The predicted octanol–water partition coefficient (Wildman–Crippen LogP) is 1.22. The molecule has 0 unspecified atom stereocenters. The number of hydrogen-bond donors (Lipinski definition) is 3. The van der Waals surface area contributed by atoms with E-state index in [0.717, 1.165) is 4.90 Å². The zero-order valence-corrected chi connectivity index (χ0v) is 9.33. The van der Waals surface area contributed by atoms with Gasteiger partial charge < -0.3 is 15.3 Å². The van der Waals surface area contributed by atoms with Crippen molar-refractivity contribution in [2.75, 3.05) is 13.1 Å². The smallest absolute Gasteiger partial charge is 0.407 e. The van der Waals surface area contributed by atoms with Gasteiger partial charge in [0, 0.05) is 0 Å². The Labute approximate surface area is 102 Å². The topological polar surface area (TPSA) is 98.1 Å². The van der Waals surface area contributed by atoms with Crippen LogP contribution in [0.25, 0.3) is 5.57 Å². The van der Waals surface area contributed by atoms with Crippen molar-refractivity contribution in [3.05, 3.63) is 35.4 Å². The highest BCUT2D eigenvalue weighted by Gasteiger charge is 2.29. The average Bonchev–Trinajstić information content (AvgIpc) is 2.75. The maximum absolute atomic E-state index is 11.1. The number of carboxylic acids is 1. The number of carboxylic acid groups (broad SMARTS) is 2. The predicted molar refractivity (Wildman–Crippen MR) is 62.3 cm³/mol. The fraction of sp³-hybridized carbons (Fsp3) is 0.167. The number of amides is 1. The second kappa shape index (κ2) is 4.40. The summed E-state index contributed by atoms with van der Waals surface area (Å²) in [7, 11) is 0. The quantitative estimate of drug-likeness (QED) is 0.732. The monoisotopic (exact) mass is 249 g/mol. The Hall–Kier alpha value is -2.50. The molecule has 0 aromatic heterocycles. The maximum atomic E-state index is 11.1. The van der Waals surface area contributed by atoms with Crippen LogP contribution in [-0.4, -0.2) is 45.4 Å². The summed E-state index contributed by atoms with van der Waals surface area (Å²) >= 11 is 0. The van der Waals surface area contributed by atoms with Crippen LogP contribution in [0.5, 0.6) is 5.75 Å². The molecule has 0 atom stereocenters. The summed E-state index contributed by atoms with van der Waals surface area (Å²) in [6, 6.07) is 6.01. The van der Waals surface area contributed by atoms with E-state index >= 15 is 0 Å². The fourth-order valence-corrected chi connectivity index (χ4v) is 1.89. The normalized spacial score (nSPS) is 15.0. The van der Waals surface area contributed by atoms with E-state index < -0.39 is 12.1 Å². The Morgan fingerprint density at radius 2 is 1.67 bits per heavy atom. The SMILES string of the molecule is O=C(O)C1=C(c2ccc(O)cc2)CN(C(=O)O)C1. The molecule has 6 heteroatoms. The van der Waals surface area contributed by atoms with Crippen LogP contribution in [-0.2, 0) is 4.79 Å². The van der Waals surface area contributed by atoms with Crippen LogP contribution in [0.3, 0.4) is 0 Å². The Bertz CT molecular complexity index is 532. The molecule has 6 nitrogen and oxygen atoms in total. The molecular weight excluding hydrogens is 238 g/mol. The van der Waals surface area contributed by atoms with Gasteiger partial charge in [-0.05, 0) is 23.3 Å². The number of aliphatic carboxylic acids is 1. The van der Waals surface area contributed by atoms with Gasteiger partial charge in [0.2, 0.25) is 0 Å². The van der Waals surface area contributed by atoms with Gasteiger partial charge in [0.05, 0.1) is 18.7 Å². The molecule has 0 fully saturated rings. The molecule has 1 aliphatic rings. The van der Waals surface area contributed by atoms with E-state index in [1.807, 2.05) is 0 Å². The lowest BCUT2D eigenvalue weighted by atomic mass is 10.0. The van der Waals surface area contributed by atoms with Crippen molar-refractivity contribution in [2.45, 2.75) is 0 Å². The number of nitrogens with zero attached hydrogens (tertiary/aromatic N) is 1. The number of carbonyl (C=O) groups is 2. The van der Waals surface area contributed by atoms with E-state index in [9.17, 15) is 14.7 Å². The molecule has 0 aliphatic carbocycles. The van der Waals surface area contributed by atoms with Gasteiger partial charge in [-0.15, -0.1) is 0 Å². The minimum Gasteiger partial charge on any atom is -0.508 e. The molecule has 0 saturated heterocycles. The molecule has 1 heterocycles. The summed E-state index contributed by atoms with van der Waals surface area (Å²) in [5.41, 5.74) is 1.14. The first-order chi connectivity index (χ1) is 8.49. The second-order valence-electron chi connectivity index (χ2n) is 3.95. The van der Waals surface area contributed by atoms with Crippen molar-refractivity contribution in [3.63, 3.8) is 0 Å². The lowest BCUT2D eigenvalue weighted by molar-refractivity contribution is -0.132. The van der Waals surface area contributed by atoms with E-state index in [4.69, 9.17) is 10.2 Å². The van der Waals surface area contributed by atoms with Crippen molar-refractivity contribution in [1.82, 2.24) is 4.90 Å². The zero-order chi connectivity index (χ0) is 13.3. The molecule has 0 spiro atoms. The van der Waals surface area contributed by atoms with Gasteiger partial charge in [0.1, 0.15) is 5.75 Å². The van der Waals surface area contributed by atoms with E-state index in [1.165, 1.54) is 12.1 Å². The average molecular weight is 249 g/mol. The highest BCUT2D eigenvalue weighted by molar-refractivity contribution is 6.00. The number of hydrogen-bond acceptors (Lipinski definition) is 3. The molecule has 0 bridgehead atoms. The number of phenols is 1. The summed E-state index contributed by atoms with van der Waals surface area (Å²) in [6.07, 6.45) is -1.15. The van der Waals surface area contributed by atoms with Crippen molar-refractivity contribution < 1.29 is 24.9 Å². The Morgan fingerprint density at radius 1 is 1.06 bits per heavy atom. The lowest BCUT2D eigenvalue weighted by Gasteiger charge is -2.11. The molecular formula is C12H11NO5. The fourth-order valence-electron chi connectivity index (χ4n) is 1.89. The van der Waals surface area contributed by atoms with Crippen LogP contribution in [0, 0.1) is 0 Å². The van der Waals surface area contributed by atoms with E-state index in [2.05, 4.69) is 0 Å². The number of rotatable bonds is 2. The van der Waals surface area contributed by atoms with Crippen LogP contribution < -0.4 is 0 Å². The van der Waals surface area contributed by atoms with Crippen LogP contribution >= 0.6 is 0 Å². The largest absolute Gasteiger partial charge is 0.508 e. The van der Waals surface area contributed by atoms with Crippen LogP contribution in [0.15, 0.2) is 29.8 Å². The first-order valence-corrected chi connectivity index (χ1v) is 5.21. The molecule has 18 heavy (non-hydrogen) atoms. The summed E-state index contributed by atoms with van der Waals surface area (Å²) in [5.74, 6) is -1.05. The molecule has 1 amide bonds. The Morgan fingerprint density at radius 3 is 2.17 bits per heavy atom. The summed E-state index contributed by atoms with van der Waals surface area (Å²) in [4.78, 5) is 23.0. The standard InChI is InChI=1S/C12H11NO5/c14-8-3-1-7(2-4-8)9-5-13(12(17)18)6-10(9)11(15)16/h1-4,14H,5-6H2,(H,15,16)(H,17,18). The van der Waals surface area contributed by atoms with Gasteiger partial charge in [-0.1, -0.05) is 12.1 Å². The summed E-state index contributed by atoms with van der Waals surface area (Å²) in [5, 5.41) is 27.1. The highest BCUT2D eigenvalue weighted by atomic mass is 16.4. The van der Waals surface area contributed by atoms with Crippen LogP contribution in [0.1, 0.15) is 5.56 Å². The van der Waals surface area contributed by atoms with E-state index in [-0.39, 0.29) is 24.4 Å². The van der Waals surface area contributed by atoms with Crippen molar-refractivity contribution in [3.8, 4) is 5.75 Å². The highest BCUT2D eigenvalue weighted by Crippen LogP contribution is 2.28. The molecule has 0 saturated carbocycles. The van der Waals surface area contributed by atoms with Gasteiger partial charge in [-0.2, -0.15) is 0 Å². The third-order valence-corrected chi connectivity index (χ3v) is 2.81. The minimum atomic E-state index is -1.15. The van der Waals surface area contributed by atoms with Crippen molar-refractivity contribution in [2.24, 2.45) is 0 Å². The molecule has 3 N–H and O–H groups in total. The third-order valence-electron chi connectivity index (χ3n) is 2.81. The van der Waals surface area contributed by atoms with E-state index in [1.54, 1.807) is 12.1 Å². The first-order valence-electron chi connectivity index (χ1n) is 5.21. The van der Waals surface area contributed by atoms with Gasteiger partial charge >= 0.3 is 12.1 Å². The van der Waals surface area contributed by atoms with Gasteiger partial charge in [-0.3, -0.25) is 4.90 Å². The molecule has 1 aromatic rings. The number of aromatic hydroxyl groups is 1. The van der Waals surface area contributed by atoms with Gasteiger partial charge in [-0.25, -0.2) is 9.59 Å².